The molecule has 112 valence electrons. The van der Waals surface area contributed by atoms with E-state index in [4.69, 9.17) is 14.6 Å². The lowest BCUT2D eigenvalue weighted by molar-refractivity contribution is 0.0972. The third-order valence-corrected chi connectivity index (χ3v) is 2.87. The van der Waals surface area contributed by atoms with Gasteiger partial charge in [-0.1, -0.05) is 0 Å². The summed E-state index contributed by atoms with van der Waals surface area (Å²) in [7, 11) is 3.59. The molecule has 1 amide bonds. The maximum atomic E-state index is 11.0. The number of carbonyl (C=O) groups excluding carboxylic acids is 1. The molecule has 0 aromatic carbocycles. The van der Waals surface area contributed by atoms with Crippen molar-refractivity contribution in [3.8, 4) is 0 Å². The van der Waals surface area contributed by atoms with Crippen molar-refractivity contribution in [3.63, 3.8) is 0 Å². The van der Waals surface area contributed by atoms with Gasteiger partial charge in [-0.3, -0.25) is 9.79 Å². The lowest BCUT2D eigenvalue weighted by Crippen LogP contribution is -2.37. The molecular weight excluding hydrogens is 272 g/mol. The zero-order chi connectivity index (χ0) is 15.2. The Kier molecular flexibility index (Phi) is 4.65. The van der Waals surface area contributed by atoms with Gasteiger partial charge in [-0.2, -0.15) is 0 Å². The van der Waals surface area contributed by atoms with Crippen LogP contribution in [-0.2, 0) is 13.1 Å². The number of guanidine groups is 1. The van der Waals surface area contributed by atoms with Gasteiger partial charge in [0, 0.05) is 14.1 Å². The van der Waals surface area contributed by atoms with Gasteiger partial charge in [-0.25, -0.2) is 0 Å². The average Bonchev–Trinajstić information content (AvgIpc) is 3.10. The summed E-state index contributed by atoms with van der Waals surface area (Å²) in [6.07, 6.45) is 1.63. The minimum Gasteiger partial charge on any atom is -0.467 e. The molecule has 0 aliphatic rings. The first-order valence-electron chi connectivity index (χ1n) is 6.43. The van der Waals surface area contributed by atoms with Gasteiger partial charge in [0.1, 0.15) is 11.5 Å². The molecule has 0 radical (unpaired) electrons. The van der Waals surface area contributed by atoms with E-state index in [9.17, 15) is 4.79 Å². The van der Waals surface area contributed by atoms with Gasteiger partial charge in [-0.05, 0) is 24.3 Å². The van der Waals surface area contributed by atoms with Crippen LogP contribution in [0.5, 0.6) is 0 Å². The number of nitrogens with one attached hydrogen (secondary N) is 1. The molecule has 0 atom stereocenters. The molecular formula is C14H18N4O3. The molecule has 3 N–H and O–H groups in total. The van der Waals surface area contributed by atoms with Crippen molar-refractivity contribution in [3.05, 3.63) is 47.8 Å². The molecule has 0 aliphatic carbocycles. The first kappa shape index (κ1) is 14.7. The summed E-state index contributed by atoms with van der Waals surface area (Å²) in [5, 5.41) is 3.14. The Morgan fingerprint density at radius 3 is 2.76 bits per heavy atom. The highest BCUT2D eigenvalue weighted by Gasteiger charge is 2.10. The summed E-state index contributed by atoms with van der Waals surface area (Å²) in [4.78, 5) is 17.1. The van der Waals surface area contributed by atoms with Gasteiger partial charge in [0.05, 0.1) is 19.4 Å². The van der Waals surface area contributed by atoms with Crippen LogP contribution < -0.4 is 11.1 Å². The third kappa shape index (κ3) is 3.88. The van der Waals surface area contributed by atoms with Crippen molar-refractivity contribution in [2.45, 2.75) is 13.1 Å². The van der Waals surface area contributed by atoms with Gasteiger partial charge < -0.3 is 24.8 Å². The quantitative estimate of drug-likeness (QED) is 0.636. The van der Waals surface area contributed by atoms with Crippen LogP contribution in [0.4, 0.5) is 0 Å². The van der Waals surface area contributed by atoms with Crippen LogP contribution >= 0.6 is 0 Å². The van der Waals surface area contributed by atoms with Crippen LogP contribution in [0.25, 0.3) is 0 Å². The highest BCUT2D eigenvalue weighted by atomic mass is 16.4. The van der Waals surface area contributed by atoms with Crippen molar-refractivity contribution in [1.82, 2.24) is 10.2 Å². The van der Waals surface area contributed by atoms with E-state index >= 15 is 0 Å². The van der Waals surface area contributed by atoms with E-state index in [-0.39, 0.29) is 5.76 Å². The van der Waals surface area contributed by atoms with Crippen molar-refractivity contribution < 1.29 is 13.6 Å². The summed E-state index contributed by atoms with van der Waals surface area (Å²) in [5.74, 6) is 1.69. The second-order valence-electron chi connectivity index (χ2n) is 4.47. The molecule has 0 fully saturated rings. The number of rotatable bonds is 5. The summed E-state index contributed by atoms with van der Waals surface area (Å²) < 4.78 is 10.6. The predicted octanol–water partition coefficient (Wildman–Crippen LogP) is 1.18. The van der Waals surface area contributed by atoms with Crippen LogP contribution in [0.2, 0.25) is 0 Å². The van der Waals surface area contributed by atoms with E-state index in [1.807, 2.05) is 24.1 Å². The van der Waals surface area contributed by atoms with Crippen molar-refractivity contribution in [2.24, 2.45) is 10.7 Å². The molecule has 7 heteroatoms. The highest BCUT2D eigenvalue weighted by molar-refractivity contribution is 5.89. The molecule has 0 spiro atoms. The first-order valence-corrected chi connectivity index (χ1v) is 6.43. The molecule has 0 saturated carbocycles. The monoisotopic (exact) mass is 290 g/mol. The Morgan fingerprint density at radius 1 is 1.38 bits per heavy atom. The second kappa shape index (κ2) is 6.65. The number of furan rings is 2. The summed E-state index contributed by atoms with van der Waals surface area (Å²) in [5.41, 5.74) is 5.14. The van der Waals surface area contributed by atoms with E-state index in [1.165, 1.54) is 0 Å². The molecule has 21 heavy (non-hydrogen) atoms. The lowest BCUT2D eigenvalue weighted by Gasteiger charge is -2.20. The van der Waals surface area contributed by atoms with E-state index in [2.05, 4.69) is 10.3 Å². The number of aliphatic imine (C=N–C) groups is 1. The second-order valence-corrected chi connectivity index (χ2v) is 4.47. The fourth-order valence-electron chi connectivity index (χ4n) is 1.87. The standard InChI is InChI=1S/C14H18N4O3/c1-16-14(18(2)9-11-4-3-7-20-11)17-8-10-5-6-12(21-10)13(15)19/h3-7H,8-9H2,1-2H3,(H2,15,19)(H,16,17). The van der Waals surface area contributed by atoms with E-state index in [0.717, 1.165) is 5.76 Å². The van der Waals surface area contributed by atoms with Crippen LogP contribution in [0, 0.1) is 0 Å². The molecule has 0 aliphatic heterocycles. The smallest absolute Gasteiger partial charge is 0.284 e. The van der Waals surface area contributed by atoms with Crippen molar-refractivity contribution in [1.29, 1.82) is 0 Å². The van der Waals surface area contributed by atoms with E-state index < -0.39 is 5.91 Å². The number of carbonyl (C=O) groups is 1. The number of nitrogens with two attached hydrogens (primary N) is 1. The molecule has 2 heterocycles. The summed E-state index contributed by atoms with van der Waals surface area (Å²) in [6.45, 7) is 1.000. The van der Waals surface area contributed by atoms with E-state index in [1.54, 1.807) is 25.4 Å². The maximum Gasteiger partial charge on any atom is 0.284 e. The topological polar surface area (TPSA) is 97.0 Å². The van der Waals surface area contributed by atoms with Crippen LogP contribution in [0.3, 0.4) is 0 Å². The molecule has 0 saturated heterocycles. The summed E-state index contributed by atoms with van der Waals surface area (Å²) >= 11 is 0. The van der Waals surface area contributed by atoms with Gasteiger partial charge in [-0.15, -0.1) is 0 Å². The minimum atomic E-state index is -0.583. The molecule has 2 rings (SSSR count). The largest absolute Gasteiger partial charge is 0.467 e. The normalized spacial score (nSPS) is 11.4. The maximum absolute atomic E-state index is 11.0. The number of hydrogen-bond acceptors (Lipinski definition) is 4. The first-order chi connectivity index (χ1) is 10.1. The molecule has 0 unspecified atom stereocenters. The molecule has 7 nitrogen and oxygen atoms in total. The Morgan fingerprint density at radius 2 is 2.19 bits per heavy atom. The predicted molar refractivity (Wildman–Crippen MR) is 77.6 cm³/mol. The molecule has 2 aromatic rings. The van der Waals surface area contributed by atoms with Crippen molar-refractivity contribution in [2.75, 3.05) is 14.1 Å². The van der Waals surface area contributed by atoms with Gasteiger partial charge in [0.2, 0.25) is 0 Å². The summed E-state index contributed by atoms with van der Waals surface area (Å²) in [6, 6.07) is 6.99. The van der Waals surface area contributed by atoms with Gasteiger partial charge in [0.15, 0.2) is 11.7 Å². The lowest BCUT2D eigenvalue weighted by atomic mass is 10.4. The zero-order valence-electron chi connectivity index (χ0n) is 12.0. The fraction of sp³-hybridized carbons (Fsp3) is 0.286. The van der Waals surface area contributed by atoms with Gasteiger partial charge >= 0.3 is 0 Å². The number of nitrogens with zero attached hydrogens (tertiary/aromatic N) is 2. The Labute approximate surface area is 122 Å². The molecule has 2 aromatic heterocycles. The zero-order valence-corrected chi connectivity index (χ0v) is 12.0. The number of amides is 1. The van der Waals surface area contributed by atoms with Crippen LogP contribution in [0.15, 0.2) is 44.4 Å². The molecule has 0 bridgehead atoms. The van der Waals surface area contributed by atoms with Crippen LogP contribution in [0.1, 0.15) is 22.1 Å². The highest BCUT2D eigenvalue weighted by Crippen LogP contribution is 2.08. The van der Waals surface area contributed by atoms with Gasteiger partial charge in [0.25, 0.3) is 5.91 Å². The number of primary amides is 1. The third-order valence-electron chi connectivity index (χ3n) is 2.87. The van der Waals surface area contributed by atoms with Crippen molar-refractivity contribution >= 4 is 11.9 Å². The average molecular weight is 290 g/mol. The Bertz CT molecular complexity index is 616. The van der Waals surface area contributed by atoms with E-state index in [0.29, 0.717) is 24.8 Å². The fourth-order valence-corrected chi connectivity index (χ4v) is 1.87. The Hall–Kier alpha value is -2.70. The Balaban J connectivity index is 1.91. The number of hydrogen-bond donors (Lipinski definition) is 2. The SMILES string of the molecule is CN=C(NCc1ccc(C(N)=O)o1)N(C)Cc1ccco1. The van der Waals surface area contributed by atoms with Crippen LogP contribution in [-0.4, -0.2) is 30.9 Å². The minimum absolute atomic E-state index is 0.144.